The Morgan fingerprint density at radius 1 is 1.37 bits per heavy atom. The Balaban J connectivity index is 0.00000180. The number of hydrogen-bond acceptors (Lipinski definition) is 5. The van der Waals surface area contributed by atoms with E-state index < -0.39 is 0 Å². The summed E-state index contributed by atoms with van der Waals surface area (Å²) < 4.78 is 5.37. The first-order valence-electron chi connectivity index (χ1n) is 5.62. The second kappa shape index (κ2) is 6.75. The lowest BCUT2D eigenvalue weighted by atomic mass is 10.3. The molecule has 0 aromatic carbocycles. The van der Waals surface area contributed by atoms with E-state index in [0.29, 0.717) is 17.3 Å². The van der Waals surface area contributed by atoms with E-state index in [1.807, 2.05) is 6.92 Å². The van der Waals surface area contributed by atoms with Crippen LogP contribution in [0.3, 0.4) is 0 Å². The van der Waals surface area contributed by atoms with E-state index in [9.17, 15) is 4.79 Å². The first-order chi connectivity index (χ1) is 8.69. The largest absolute Gasteiger partial charge is 0.444 e. The number of carbonyl (C=O) groups is 1. The van der Waals surface area contributed by atoms with Crippen LogP contribution in [0.15, 0.2) is 28.9 Å². The van der Waals surface area contributed by atoms with E-state index in [0.717, 1.165) is 12.2 Å². The number of anilines is 1. The highest BCUT2D eigenvalue weighted by atomic mass is 35.5. The number of hydrogen-bond donors (Lipinski definition) is 2. The molecule has 0 radical (unpaired) electrons. The van der Waals surface area contributed by atoms with Crippen LogP contribution < -0.4 is 11.1 Å². The molecule has 2 heterocycles. The third-order valence-corrected chi connectivity index (χ3v) is 2.37. The number of oxazole rings is 1. The summed E-state index contributed by atoms with van der Waals surface area (Å²) in [6.45, 7) is 2.21. The maximum absolute atomic E-state index is 11.7. The highest BCUT2D eigenvalue weighted by Crippen LogP contribution is 2.05. The Labute approximate surface area is 116 Å². The van der Waals surface area contributed by atoms with Crippen LogP contribution in [-0.2, 0) is 13.0 Å². The van der Waals surface area contributed by atoms with Crippen molar-refractivity contribution in [3.05, 3.63) is 41.9 Å². The minimum Gasteiger partial charge on any atom is -0.444 e. The summed E-state index contributed by atoms with van der Waals surface area (Å²) in [5, 5.41) is 2.67. The van der Waals surface area contributed by atoms with Gasteiger partial charge in [0.15, 0.2) is 0 Å². The lowest BCUT2D eigenvalue weighted by Gasteiger charge is -2.02. The van der Waals surface area contributed by atoms with Gasteiger partial charge in [-0.3, -0.25) is 4.79 Å². The molecule has 0 unspecified atom stereocenters. The lowest BCUT2D eigenvalue weighted by molar-refractivity contribution is 0.0942. The predicted octanol–water partition coefficient (Wildman–Crippen LogP) is 1.57. The zero-order valence-electron chi connectivity index (χ0n) is 10.4. The molecule has 0 atom stereocenters. The van der Waals surface area contributed by atoms with Gasteiger partial charge < -0.3 is 15.5 Å². The highest BCUT2D eigenvalue weighted by molar-refractivity contribution is 5.92. The number of nitrogens with two attached hydrogens (primary N) is 1. The van der Waals surface area contributed by atoms with Crippen LogP contribution in [0.4, 0.5) is 5.69 Å². The van der Waals surface area contributed by atoms with Crippen LogP contribution >= 0.6 is 12.4 Å². The molecule has 0 aliphatic carbocycles. The second-order valence-corrected chi connectivity index (χ2v) is 3.73. The SMILES string of the molecule is CCc1cnc(CNC(=O)c2ccc(N)cn2)o1.Cl. The van der Waals surface area contributed by atoms with Gasteiger partial charge in [-0.25, -0.2) is 9.97 Å². The van der Waals surface area contributed by atoms with Crippen LogP contribution in [0.5, 0.6) is 0 Å². The van der Waals surface area contributed by atoms with Crippen molar-refractivity contribution in [3.63, 3.8) is 0 Å². The van der Waals surface area contributed by atoms with Gasteiger partial charge in [-0.15, -0.1) is 12.4 Å². The van der Waals surface area contributed by atoms with E-state index in [2.05, 4.69) is 15.3 Å². The molecular weight excluding hydrogens is 268 g/mol. The first-order valence-corrected chi connectivity index (χ1v) is 5.62. The molecule has 0 bridgehead atoms. The number of rotatable bonds is 4. The summed E-state index contributed by atoms with van der Waals surface area (Å²) in [7, 11) is 0. The molecule has 0 saturated carbocycles. The third kappa shape index (κ3) is 3.96. The fourth-order valence-electron chi connectivity index (χ4n) is 1.38. The Morgan fingerprint density at radius 3 is 2.74 bits per heavy atom. The van der Waals surface area contributed by atoms with Gasteiger partial charge in [-0.1, -0.05) is 6.92 Å². The number of carbonyl (C=O) groups excluding carboxylic acids is 1. The minimum atomic E-state index is -0.286. The Bertz CT molecular complexity index is 539. The van der Waals surface area contributed by atoms with E-state index in [4.69, 9.17) is 10.2 Å². The Kier molecular flexibility index (Phi) is 5.32. The topological polar surface area (TPSA) is 94.0 Å². The maximum atomic E-state index is 11.7. The fraction of sp³-hybridized carbons (Fsp3) is 0.250. The van der Waals surface area contributed by atoms with Crippen molar-refractivity contribution in [2.75, 3.05) is 5.73 Å². The maximum Gasteiger partial charge on any atom is 0.270 e. The zero-order valence-corrected chi connectivity index (χ0v) is 11.2. The van der Waals surface area contributed by atoms with Gasteiger partial charge in [-0.2, -0.15) is 0 Å². The average Bonchev–Trinajstić information content (AvgIpc) is 2.85. The van der Waals surface area contributed by atoms with Gasteiger partial charge in [-0.05, 0) is 12.1 Å². The number of halogens is 1. The van der Waals surface area contributed by atoms with Crippen LogP contribution in [0, 0.1) is 0 Å². The third-order valence-electron chi connectivity index (χ3n) is 2.37. The Hall–Kier alpha value is -2.08. The summed E-state index contributed by atoms with van der Waals surface area (Å²) in [5.41, 5.74) is 6.32. The molecule has 2 aromatic heterocycles. The van der Waals surface area contributed by atoms with Gasteiger partial charge in [0.2, 0.25) is 5.89 Å². The standard InChI is InChI=1S/C12H14N4O2.ClH/c1-2-9-6-15-11(18-9)7-16-12(17)10-4-3-8(13)5-14-10;/h3-6H,2,7,13H2,1H3,(H,16,17);1H. The van der Waals surface area contributed by atoms with E-state index in [-0.39, 0.29) is 24.9 Å². The molecule has 0 aliphatic heterocycles. The molecule has 0 aliphatic rings. The van der Waals surface area contributed by atoms with E-state index in [1.165, 1.54) is 6.20 Å². The van der Waals surface area contributed by atoms with Crippen LogP contribution in [0.25, 0.3) is 0 Å². The van der Waals surface area contributed by atoms with Gasteiger partial charge >= 0.3 is 0 Å². The number of pyridine rings is 1. The van der Waals surface area contributed by atoms with Crippen molar-refractivity contribution in [1.82, 2.24) is 15.3 Å². The molecule has 1 amide bonds. The van der Waals surface area contributed by atoms with Gasteiger partial charge in [0, 0.05) is 6.42 Å². The average molecular weight is 283 g/mol. The normalized spacial score (nSPS) is 9.74. The quantitative estimate of drug-likeness (QED) is 0.887. The Morgan fingerprint density at radius 2 is 2.16 bits per heavy atom. The van der Waals surface area contributed by atoms with E-state index in [1.54, 1.807) is 18.3 Å². The number of aryl methyl sites for hydroxylation is 1. The summed E-state index contributed by atoms with van der Waals surface area (Å²) in [6, 6.07) is 3.19. The minimum absolute atomic E-state index is 0. The van der Waals surface area contributed by atoms with Crippen LogP contribution in [0.2, 0.25) is 0 Å². The first kappa shape index (κ1) is 15.0. The van der Waals surface area contributed by atoms with Crippen molar-refractivity contribution >= 4 is 24.0 Å². The van der Waals surface area contributed by atoms with Crippen LogP contribution in [-0.4, -0.2) is 15.9 Å². The van der Waals surface area contributed by atoms with E-state index >= 15 is 0 Å². The van der Waals surface area contributed by atoms with Gasteiger partial charge in [0.1, 0.15) is 11.5 Å². The molecule has 0 fully saturated rings. The smallest absolute Gasteiger partial charge is 0.270 e. The summed E-state index contributed by atoms with van der Waals surface area (Å²) in [6.07, 6.45) is 3.87. The summed E-state index contributed by atoms with van der Waals surface area (Å²) in [5.74, 6) is 0.992. The number of aromatic nitrogens is 2. The molecule has 3 N–H and O–H groups in total. The molecule has 0 spiro atoms. The molecule has 0 saturated heterocycles. The zero-order chi connectivity index (χ0) is 13.0. The number of nitrogen functional groups attached to an aromatic ring is 1. The molecular formula is C12H15ClN4O2. The van der Waals surface area contributed by atoms with Crippen molar-refractivity contribution < 1.29 is 9.21 Å². The number of amides is 1. The van der Waals surface area contributed by atoms with Crippen molar-refractivity contribution in [1.29, 1.82) is 0 Å². The van der Waals surface area contributed by atoms with Crippen molar-refractivity contribution in [2.45, 2.75) is 19.9 Å². The van der Waals surface area contributed by atoms with Crippen molar-refractivity contribution in [2.24, 2.45) is 0 Å². The van der Waals surface area contributed by atoms with Crippen molar-refractivity contribution in [3.8, 4) is 0 Å². The van der Waals surface area contributed by atoms with Crippen LogP contribution in [0.1, 0.15) is 29.1 Å². The molecule has 102 valence electrons. The number of nitrogens with one attached hydrogen (secondary N) is 1. The summed E-state index contributed by atoms with van der Waals surface area (Å²) in [4.78, 5) is 19.7. The molecule has 7 heteroatoms. The second-order valence-electron chi connectivity index (χ2n) is 3.73. The molecule has 6 nitrogen and oxygen atoms in total. The van der Waals surface area contributed by atoms with Gasteiger partial charge in [0.05, 0.1) is 24.6 Å². The summed E-state index contributed by atoms with van der Waals surface area (Å²) >= 11 is 0. The molecule has 19 heavy (non-hydrogen) atoms. The highest BCUT2D eigenvalue weighted by Gasteiger charge is 2.08. The lowest BCUT2D eigenvalue weighted by Crippen LogP contribution is -2.23. The fourth-order valence-corrected chi connectivity index (χ4v) is 1.38. The number of nitrogens with zero attached hydrogens (tertiary/aromatic N) is 2. The molecule has 2 rings (SSSR count). The molecule has 2 aromatic rings. The predicted molar refractivity (Wildman–Crippen MR) is 72.9 cm³/mol. The monoisotopic (exact) mass is 282 g/mol. The van der Waals surface area contributed by atoms with Gasteiger partial charge in [0.25, 0.3) is 5.91 Å².